The summed E-state index contributed by atoms with van der Waals surface area (Å²) in [5.74, 6) is 1.47. The van der Waals surface area contributed by atoms with Crippen molar-refractivity contribution in [1.82, 2.24) is 14.9 Å². The number of hydrogen-bond acceptors (Lipinski definition) is 5. The van der Waals surface area contributed by atoms with Gasteiger partial charge < -0.3 is 5.73 Å². The Hall–Kier alpha value is -2.44. The minimum Gasteiger partial charge on any atom is -0.321 e. The van der Waals surface area contributed by atoms with Gasteiger partial charge in [0, 0.05) is 5.75 Å². The van der Waals surface area contributed by atoms with Crippen LogP contribution in [0.25, 0.3) is 11.1 Å². The van der Waals surface area contributed by atoms with E-state index in [1.807, 2.05) is 25.1 Å². The highest BCUT2D eigenvalue weighted by Crippen LogP contribution is 2.26. The second-order valence-electron chi connectivity index (χ2n) is 5.72. The summed E-state index contributed by atoms with van der Waals surface area (Å²) in [4.78, 5) is 0. The van der Waals surface area contributed by atoms with Crippen LogP contribution < -0.4 is 5.73 Å². The van der Waals surface area contributed by atoms with Crippen molar-refractivity contribution in [2.24, 2.45) is 10.8 Å². The van der Waals surface area contributed by atoms with Crippen molar-refractivity contribution >= 4 is 17.5 Å². The van der Waals surface area contributed by atoms with E-state index in [0.29, 0.717) is 5.82 Å². The molecule has 1 unspecified atom stereocenters. The fourth-order valence-corrected chi connectivity index (χ4v) is 3.50. The Morgan fingerprint density at radius 2 is 1.62 bits per heavy atom. The predicted octanol–water partition coefficient (Wildman–Crippen LogP) is 3.32. The smallest absolute Gasteiger partial charge is 0.212 e. The molecule has 0 saturated carbocycles. The van der Waals surface area contributed by atoms with Crippen LogP contribution in [0.5, 0.6) is 0 Å². The number of fused-ring (bicyclic) bond motifs is 1. The SMILES string of the molecule is CC(N)c1nnc2n1N=C(c1ccc(-c3ccccc3)cc1)CS2. The van der Waals surface area contributed by atoms with Gasteiger partial charge in [0.15, 0.2) is 5.82 Å². The van der Waals surface area contributed by atoms with E-state index in [0.717, 1.165) is 22.2 Å². The molecule has 0 radical (unpaired) electrons. The molecule has 0 amide bonds. The van der Waals surface area contributed by atoms with Gasteiger partial charge in [0.25, 0.3) is 0 Å². The number of nitrogens with zero attached hydrogens (tertiary/aromatic N) is 4. The average Bonchev–Trinajstić information content (AvgIpc) is 3.06. The van der Waals surface area contributed by atoms with E-state index in [1.165, 1.54) is 11.1 Å². The molecular formula is C18H17N5S. The molecule has 0 fully saturated rings. The van der Waals surface area contributed by atoms with Crippen LogP contribution in [0.1, 0.15) is 24.4 Å². The number of rotatable bonds is 3. The van der Waals surface area contributed by atoms with Gasteiger partial charge in [-0.2, -0.15) is 9.78 Å². The van der Waals surface area contributed by atoms with Crippen LogP contribution >= 0.6 is 11.8 Å². The maximum absolute atomic E-state index is 5.95. The molecule has 3 aromatic rings. The largest absolute Gasteiger partial charge is 0.321 e. The molecule has 1 atom stereocenters. The van der Waals surface area contributed by atoms with Crippen molar-refractivity contribution < 1.29 is 0 Å². The molecule has 1 aliphatic heterocycles. The molecular weight excluding hydrogens is 318 g/mol. The van der Waals surface area contributed by atoms with Crippen molar-refractivity contribution in [2.45, 2.75) is 18.1 Å². The molecule has 0 bridgehead atoms. The Bertz CT molecular complexity index is 882. The fourth-order valence-electron chi connectivity index (χ4n) is 2.65. The molecule has 2 aromatic carbocycles. The van der Waals surface area contributed by atoms with Gasteiger partial charge in [-0.25, -0.2) is 0 Å². The minimum absolute atomic E-state index is 0.199. The summed E-state index contributed by atoms with van der Waals surface area (Å²) in [6.07, 6.45) is 0. The zero-order valence-electron chi connectivity index (χ0n) is 13.3. The first-order valence-electron chi connectivity index (χ1n) is 7.80. The van der Waals surface area contributed by atoms with Crippen LogP contribution in [-0.4, -0.2) is 26.3 Å². The summed E-state index contributed by atoms with van der Waals surface area (Å²) in [6.45, 7) is 1.89. The van der Waals surface area contributed by atoms with Crippen LogP contribution in [-0.2, 0) is 0 Å². The Labute approximate surface area is 144 Å². The van der Waals surface area contributed by atoms with E-state index in [1.54, 1.807) is 16.4 Å². The van der Waals surface area contributed by atoms with Gasteiger partial charge in [0.1, 0.15) is 0 Å². The van der Waals surface area contributed by atoms with Crippen molar-refractivity contribution in [3.8, 4) is 11.1 Å². The van der Waals surface area contributed by atoms with Gasteiger partial charge in [-0.3, -0.25) is 0 Å². The Kier molecular flexibility index (Phi) is 3.92. The van der Waals surface area contributed by atoms with E-state index < -0.39 is 0 Å². The Morgan fingerprint density at radius 1 is 0.958 bits per heavy atom. The zero-order chi connectivity index (χ0) is 16.5. The van der Waals surface area contributed by atoms with E-state index in [-0.39, 0.29) is 6.04 Å². The summed E-state index contributed by atoms with van der Waals surface area (Å²) >= 11 is 1.63. The molecule has 120 valence electrons. The highest BCUT2D eigenvalue weighted by molar-refractivity contribution is 7.99. The maximum Gasteiger partial charge on any atom is 0.212 e. The zero-order valence-corrected chi connectivity index (χ0v) is 14.1. The van der Waals surface area contributed by atoms with Gasteiger partial charge >= 0.3 is 0 Å². The van der Waals surface area contributed by atoms with Crippen molar-refractivity contribution in [3.05, 3.63) is 66.0 Å². The van der Waals surface area contributed by atoms with Crippen molar-refractivity contribution in [3.63, 3.8) is 0 Å². The summed E-state index contributed by atoms with van der Waals surface area (Å²) in [5.41, 5.74) is 10.5. The van der Waals surface area contributed by atoms with E-state index >= 15 is 0 Å². The van der Waals surface area contributed by atoms with E-state index in [4.69, 9.17) is 10.8 Å². The van der Waals surface area contributed by atoms with Crippen LogP contribution in [0.4, 0.5) is 0 Å². The standard InChI is InChI=1S/C18H17N5S/c1-12(19)17-20-21-18-23(17)22-16(11-24-18)15-9-7-14(8-10-15)13-5-3-2-4-6-13/h2-10,12H,11,19H2,1H3. The number of thioether (sulfide) groups is 1. The molecule has 0 saturated heterocycles. The third kappa shape index (κ3) is 2.74. The molecule has 1 aliphatic rings. The molecule has 5 nitrogen and oxygen atoms in total. The molecule has 6 heteroatoms. The average molecular weight is 335 g/mol. The normalized spacial score (nSPS) is 14.8. The monoisotopic (exact) mass is 335 g/mol. The van der Waals surface area contributed by atoms with Crippen molar-refractivity contribution in [1.29, 1.82) is 0 Å². The van der Waals surface area contributed by atoms with E-state index in [2.05, 4.69) is 46.6 Å². The highest BCUT2D eigenvalue weighted by Gasteiger charge is 2.21. The third-order valence-corrected chi connectivity index (χ3v) is 4.86. The molecule has 24 heavy (non-hydrogen) atoms. The fraction of sp³-hybridized carbons (Fsp3) is 0.167. The molecule has 2 heterocycles. The predicted molar refractivity (Wildman–Crippen MR) is 97.2 cm³/mol. The number of hydrogen-bond donors (Lipinski definition) is 1. The van der Waals surface area contributed by atoms with Crippen LogP contribution in [0.3, 0.4) is 0 Å². The number of aromatic nitrogens is 3. The first-order valence-corrected chi connectivity index (χ1v) is 8.78. The second kappa shape index (κ2) is 6.22. The molecule has 1 aromatic heterocycles. The van der Waals surface area contributed by atoms with Crippen molar-refractivity contribution in [2.75, 3.05) is 5.75 Å². The number of nitrogens with two attached hydrogens (primary N) is 1. The first kappa shape index (κ1) is 15.1. The van der Waals surface area contributed by atoms with Gasteiger partial charge in [-0.15, -0.1) is 10.2 Å². The highest BCUT2D eigenvalue weighted by atomic mass is 32.2. The summed E-state index contributed by atoms with van der Waals surface area (Å²) in [7, 11) is 0. The lowest BCUT2D eigenvalue weighted by atomic mass is 10.0. The molecule has 0 spiro atoms. The van der Waals surface area contributed by atoms with Gasteiger partial charge in [-0.05, 0) is 23.6 Å². The lowest BCUT2D eigenvalue weighted by molar-refractivity contribution is 0.646. The summed E-state index contributed by atoms with van der Waals surface area (Å²) in [6, 6.07) is 18.6. The lowest BCUT2D eigenvalue weighted by Gasteiger charge is -2.15. The van der Waals surface area contributed by atoms with Crippen LogP contribution in [0.15, 0.2) is 64.9 Å². The van der Waals surface area contributed by atoms with Crippen LogP contribution in [0, 0.1) is 0 Å². The third-order valence-electron chi connectivity index (χ3n) is 3.93. The summed E-state index contributed by atoms with van der Waals surface area (Å²) < 4.78 is 1.76. The maximum atomic E-state index is 5.95. The molecule has 2 N–H and O–H groups in total. The minimum atomic E-state index is -0.199. The first-order chi connectivity index (χ1) is 11.7. The summed E-state index contributed by atoms with van der Waals surface area (Å²) in [5, 5.41) is 13.8. The topological polar surface area (TPSA) is 69.1 Å². The van der Waals surface area contributed by atoms with Gasteiger partial charge in [-0.1, -0.05) is 66.4 Å². The second-order valence-corrected chi connectivity index (χ2v) is 6.66. The van der Waals surface area contributed by atoms with Gasteiger partial charge in [0.05, 0.1) is 11.8 Å². The Balaban J connectivity index is 1.67. The quantitative estimate of drug-likeness (QED) is 0.797. The van der Waals surface area contributed by atoms with Gasteiger partial charge in [0.2, 0.25) is 5.16 Å². The molecule has 0 aliphatic carbocycles. The lowest BCUT2D eigenvalue weighted by Crippen LogP contribution is -2.17. The van der Waals surface area contributed by atoms with Crippen LogP contribution in [0.2, 0.25) is 0 Å². The van der Waals surface area contributed by atoms with E-state index in [9.17, 15) is 0 Å². The Morgan fingerprint density at radius 3 is 2.33 bits per heavy atom. The molecule has 4 rings (SSSR count). The number of benzene rings is 2.